The van der Waals surface area contributed by atoms with Crippen LogP contribution in [-0.4, -0.2) is 17.5 Å². The normalized spacial score (nSPS) is 9.61. The van der Waals surface area contributed by atoms with Gasteiger partial charge < -0.3 is 4.74 Å². The maximum atomic E-state index is 11.3. The molecule has 1 rings (SSSR count). The van der Waals surface area contributed by atoms with Crippen LogP contribution in [0.3, 0.4) is 0 Å². The van der Waals surface area contributed by atoms with Crippen LogP contribution < -0.4 is 0 Å². The average Bonchev–Trinajstić information content (AvgIpc) is 2.30. The fraction of sp³-hybridized carbons (Fsp3) is 0.273. The van der Waals surface area contributed by atoms with Crippen LogP contribution in [0.5, 0.6) is 0 Å². The SMILES string of the molecule is CCOC(=O)Cc1cc([N+](=O)[O-])c(Cl)cc1C#N. The Balaban J connectivity index is 3.17. The van der Waals surface area contributed by atoms with Crippen LogP contribution in [0.4, 0.5) is 5.69 Å². The second-order valence-corrected chi connectivity index (χ2v) is 3.72. The van der Waals surface area contributed by atoms with Crippen LogP contribution in [0, 0.1) is 21.4 Å². The molecule has 18 heavy (non-hydrogen) atoms. The van der Waals surface area contributed by atoms with E-state index >= 15 is 0 Å². The zero-order valence-electron chi connectivity index (χ0n) is 9.47. The van der Waals surface area contributed by atoms with Crippen LogP contribution in [0.1, 0.15) is 18.1 Å². The molecule has 0 atom stereocenters. The van der Waals surface area contributed by atoms with Crippen molar-refractivity contribution in [3.05, 3.63) is 38.4 Å². The van der Waals surface area contributed by atoms with Gasteiger partial charge in [-0.25, -0.2) is 0 Å². The molecule has 94 valence electrons. The molecule has 0 bridgehead atoms. The Morgan fingerprint density at radius 3 is 2.78 bits per heavy atom. The number of nitriles is 1. The van der Waals surface area contributed by atoms with Crippen LogP contribution in [0.2, 0.25) is 5.02 Å². The van der Waals surface area contributed by atoms with E-state index in [4.69, 9.17) is 21.6 Å². The second-order valence-electron chi connectivity index (χ2n) is 3.31. The number of carbonyl (C=O) groups is 1. The molecule has 7 heteroatoms. The van der Waals surface area contributed by atoms with Crippen molar-refractivity contribution in [3.8, 4) is 6.07 Å². The maximum absolute atomic E-state index is 11.3. The molecule has 0 fully saturated rings. The Labute approximate surface area is 108 Å². The summed E-state index contributed by atoms with van der Waals surface area (Å²) in [4.78, 5) is 21.4. The fourth-order valence-electron chi connectivity index (χ4n) is 1.36. The molecule has 0 radical (unpaired) electrons. The van der Waals surface area contributed by atoms with Crippen LogP contribution in [-0.2, 0) is 16.0 Å². The predicted molar refractivity (Wildman–Crippen MR) is 63.2 cm³/mol. The lowest BCUT2D eigenvalue weighted by Crippen LogP contribution is -2.09. The summed E-state index contributed by atoms with van der Waals surface area (Å²) in [6.45, 7) is 1.85. The molecule has 0 unspecified atom stereocenters. The number of esters is 1. The van der Waals surface area contributed by atoms with E-state index in [0.717, 1.165) is 6.07 Å². The number of carbonyl (C=O) groups excluding carboxylic acids is 1. The largest absolute Gasteiger partial charge is 0.466 e. The molecule has 0 saturated carbocycles. The summed E-state index contributed by atoms with van der Waals surface area (Å²) < 4.78 is 4.72. The standard InChI is InChI=1S/C11H9ClN2O4/c1-2-18-11(15)5-7-4-10(14(16)17)9(12)3-8(7)6-13/h3-4H,2,5H2,1H3. The smallest absolute Gasteiger partial charge is 0.310 e. The number of rotatable bonds is 4. The molecule has 0 aromatic heterocycles. The molecule has 0 aliphatic rings. The van der Waals surface area contributed by atoms with E-state index in [9.17, 15) is 14.9 Å². The number of hydrogen-bond donors (Lipinski definition) is 0. The minimum atomic E-state index is -0.669. The number of ether oxygens (including phenoxy) is 1. The Morgan fingerprint density at radius 2 is 2.28 bits per heavy atom. The van der Waals surface area contributed by atoms with Crippen molar-refractivity contribution in [3.63, 3.8) is 0 Å². The van der Waals surface area contributed by atoms with E-state index in [-0.39, 0.29) is 34.9 Å². The Morgan fingerprint density at radius 1 is 1.61 bits per heavy atom. The summed E-state index contributed by atoms with van der Waals surface area (Å²) in [7, 11) is 0. The third-order valence-electron chi connectivity index (χ3n) is 2.13. The van der Waals surface area contributed by atoms with Gasteiger partial charge in [0.2, 0.25) is 0 Å². The molecule has 1 aromatic rings. The monoisotopic (exact) mass is 268 g/mol. The van der Waals surface area contributed by atoms with Crippen molar-refractivity contribution in [2.45, 2.75) is 13.3 Å². The fourth-order valence-corrected chi connectivity index (χ4v) is 1.60. The molecule has 6 nitrogen and oxygen atoms in total. The van der Waals surface area contributed by atoms with Gasteiger partial charge in [-0.05, 0) is 18.6 Å². The van der Waals surface area contributed by atoms with E-state index in [1.807, 2.05) is 6.07 Å². The molecule has 0 amide bonds. The summed E-state index contributed by atoms with van der Waals surface area (Å²) in [5.41, 5.74) is 0.0145. The lowest BCUT2D eigenvalue weighted by molar-refractivity contribution is -0.384. The summed E-state index contributed by atoms with van der Waals surface area (Å²) >= 11 is 5.66. The summed E-state index contributed by atoms with van der Waals surface area (Å²) in [6.07, 6.45) is -0.200. The van der Waals surface area contributed by atoms with Crippen LogP contribution in [0.25, 0.3) is 0 Å². The van der Waals surface area contributed by atoms with Crippen LogP contribution >= 0.6 is 11.6 Å². The van der Waals surface area contributed by atoms with Gasteiger partial charge in [0.05, 0.1) is 29.6 Å². The zero-order valence-corrected chi connectivity index (χ0v) is 10.2. The Hall–Kier alpha value is -2.13. The van der Waals surface area contributed by atoms with Gasteiger partial charge in [0, 0.05) is 6.07 Å². The molecule has 0 heterocycles. The molecular formula is C11H9ClN2O4. The van der Waals surface area contributed by atoms with E-state index in [1.54, 1.807) is 6.92 Å². The number of hydrogen-bond acceptors (Lipinski definition) is 5. The maximum Gasteiger partial charge on any atom is 0.310 e. The van der Waals surface area contributed by atoms with Crippen molar-refractivity contribution in [1.29, 1.82) is 5.26 Å². The second kappa shape index (κ2) is 5.98. The van der Waals surface area contributed by atoms with Crippen molar-refractivity contribution in [2.75, 3.05) is 6.61 Å². The number of benzene rings is 1. The molecule has 0 aliphatic heterocycles. The lowest BCUT2D eigenvalue weighted by atomic mass is 10.0. The highest BCUT2D eigenvalue weighted by atomic mass is 35.5. The first kappa shape index (κ1) is 13.9. The topological polar surface area (TPSA) is 93.2 Å². The van der Waals surface area contributed by atoms with Gasteiger partial charge in [0.25, 0.3) is 5.69 Å². The first-order chi connectivity index (χ1) is 8.49. The van der Waals surface area contributed by atoms with Gasteiger partial charge >= 0.3 is 5.97 Å². The van der Waals surface area contributed by atoms with Crippen molar-refractivity contribution >= 4 is 23.3 Å². The summed E-state index contributed by atoms with van der Waals surface area (Å²) in [5, 5.41) is 19.5. The van der Waals surface area contributed by atoms with Crippen molar-refractivity contribution < 1.29 is 14.5 Å². The number of halogens is 1. The van der Waals surface area contributed by atoms with Gasteiger partial charge in [-0.15, -0.1) is 0 Å². The van der Waals surface area contributed by atoms with Gasteiger partial charge in [-0.1, -0.05) is 11.6 Å². The van der Waals surface area contributed by atoms with Crippen molar-refractivity contribution in [1.82, 2.24) is 0 Å². The first-order valence-electron chi connectivity index (χ1n) is 5.02. The van der Waals surface area contributed by atoms with Crippen LogP contribution in [0.15, 0.2) is 12.1 Å². The van der Waals surface area contributed by atoms with E-state index in [2.05, 4.69) is 0 Å². The zero-order chi connectivity index (χ0) is 13.7. The molecule has 0 saturated heterocycles. The molecule has 0 aliphatic carbocycles. The van der Waals surface area contributed by atoms with E-state index in [0.29, 0.717) is 0 Å². The third kappa shape index (κ3) is 3.18. The first-order valence-corrected chi connectivity index (χ1v) is 5.40. The Bertz CT molecular complexity index is 537. The van der Waals surface area contributed by atoms with Gasteiger partial charge in [-0.3, -0.25) is 14.9 Å². The van der Waals surface area contributed by atoms with Gasteiger partial charge in [-0.2, -0.15) is 5.26 Å². The molecule has 1 aromatic carbocycles. The molecule has 0 spiro atoms. The summed E-state index contributed by atoms with van der Waals surface area (Å²) in [6, 6.07) is 4.13. The third-order valence-corrected chi connectivity index (χ3v) is 2.43. The van der Waals surface area contributed by atoms with Gasteiger partial charge in [0.15, 0.2) is 0 Å². The lowest BCUT2D eigenvalue weighted by Gasteiger charge is -2.05. The number of nitro benzene ring substituents is 1. The van der Waals surface area contributed by atoms with E-state index in [1.165, 1.54) is 6.07 Å². The number of nitrogens with zero attached hydrogens (tertiary/aromatic N) is 2. The van der Waals surface area contributed by atoms with Gasteiger partial charge in [0.1, 0.15) is 5.02 Å². The van der Waals surface area contributed by atoms with Crippen molar-refractivity contribution in [2.24, 2.45) is 0 Å². The average molecular weight is 269 g/mol. The highest BCUT2D eigenvalue weighted by Gasteiger charge is 2.18. The van der Waals surface area contributed by atoms with E-state index < -0.39 is 10.9 Å². The minimum absolute atomic E-state index is 0.124. The molecular weight excluding hydrogens is 260 g/mol. The molecule has 0 N–H and O–H groups in total. The Kier molecular flexibility index (Phi) is 4.63. The predicted octanol–water partition coefficient (Wildman–Crippen LogP) is 2.23. The highest BCUT2D eigenvalue weighted by Crippen LogP contribution is 2.28. The summed E-state index contributed by atoms with van der Waals surface area (Å²) in [5.74, 6) is -0.550. The quantitative estimate of drug-likeness (QED) is 0.474. The minimum Gasteiger partial charge on any atom is -0.466 e. The number of nitro groups is 1. The highest BCUT2D eigenvalue weighted by molar-refractivity contribution is 6.32.